The Balaban J connectivity index is 2.20. The highest BCUT2D eigenvalue weighted by atomic mass is 15.2. The van der Waals surface area contributed by atoms with Gasteiger partial charge in [0, 0.05) is 19.4 Å². The van der Waals surface area contributed by atoms with E-state index in [1.54, 1.807) is 0 Å². The Morgan fingerprint density at radius 1 is 1.00 bits per heavy atom. The van der Waals surface area contributed by atoms with Crippen LogP contribution in [-0.4, -0.2) is 14.0 Å². The lowest BCUT2D eigenvalue weighted by atomic mass is 10.1. The number of fused-ring (bicyclic) bond motifs is 1. The van der Waals surface area contributed by atoms with E-state index in [9.17, 15) is 0 Å². The maximum atomic E-state index is 4.50. The average Bonchev–Trinajstić information content (AvgIpc) is 2.79. The van der Waals surface area contributed by atoms with Crippen LogP contribution in [0.3, 0.4) is 0 Å². The molecule has 0 saturated heterocycles. The molecule has 1 aromatic carbocycles. The van der Waals surface area contributed by atoms with E-state index in [4.69, 9.17) is 0 Å². The van der Waals surface area contributed by atoms with Crippen molar-refractivity contribution >= 4 is 5.78 Å². The van der Waals surface area contributed by atoms with Gasteiger partial charge in [-0.05, 0) is 19.4 Å². The van der Waals surface area contributed by atoms with Gasteiger partial charge in [-0.25, -0.2) is 4.98 Å². The van der Waals surface area contributed by atoms with Crippen LogP contribution in [0.4, 0.5) is 0 Å². The Morgan fingerprint density at radius 2 is 1.71 bits per heavy atom. The molecule has 0 fully saturated rings. The molecule has 0 aliphatic carbocycles. The predicted octanol–water partition coefficient (Wildman–Crippen LogP) is 2.96. The van der Waals surface area contributed by atoms with Gasteiger partial charge in [0.15, 0.2) is 0 Å². The van der Waals surface area contributed by atoms with Crippen molar-refractivity contribution in [1.82, 2.24) is 14.0 Å². The molecule has 3 heteroatoms. The second kappa shape index (κ2) is 3.48. The molecule has 0 radical (unpaired) electrons. The zero-order chi connectivity index (χ0) is 12.0. The fourth-order valence-electron chi connectivity index (χ4n) is 2.17. The molecule has 0 unspecified atom stereocenters. The fourth-order valence-corrected chi connectivity index (χ4v) is 2.17. The van der Waals surface area contributed by atoms with Gasteiger partial charge < -0.3 is 4.57 Å². The Hall–Kier alpha value is -2.03. The van der Waals surface area contributed by atoms with Gasteiger partial charge in [0.1, 0.15) is 0 Å². The number of rotatable bonds is 1. The van der Waals surface area contributed by atoms with Crippen molar-refractivity contribution in [3.05, 3.63) is 47.9 Å². The molecule has 17 heavy (non-hydrogen) atoms. The summed E-state index contributed by atoms with van der Waals surface area (Å²) in [5.41, 5.74) is 4.74. The molecule has 0 spiro atoms. The third-order valence-electron chi connectivity index (χ3n) is 3.10. The van der Waals surface area contributed by atoms with Gasteiger partial charge >= 0.3 is 0 Å². The summed E-state index contributed by atoms with van der Waals surface area (Å²) in [4.78, 5) is 4.50. The van der Waals surface area contributed by atoms with Crippen molar-refractivity contribution in [2.75, 3.05) is 0 Å². The molecule has 3 nitrogen and oxygen atoms in total. The van der Waals surface area contributed by atoms with Gasteiger partial charge in [-0.15, -0.1) is 0 Å². The van der Waals surface area contributed by atoms with Gasteiger partial charge in [-0.2, -0.15) is 0 Å². The average molecular weight is 225 g/mol. The smallest absolute Gasteiger partial charge is 0.214 e. The maximum absolute atomic E-state index is 4.50. The molecule has 0 bridgehead atoms. The van der Waals surface area contributed by atoms with Crippen molar-refractivity contribution < 1.29 is 0 Å². The van der Waals surface area contributed by atoms with Crippen LogP contribution in [0.5, 0.6) is 0 Å². The van der Waals surface area contributed by atoms with E-state index in [0.717, 1.165) is 11.5 Å². The SMILES string of the molecule is Cc1ccc(-c2cn3cc(C)nc3n2C)cc1. The molecule has 0 saturated carbocycles. The lowest BCUT2D eigenvalue weighted by Crippen LogP contribution is -1.92. The van der Waals surface area contributed by atoms with Crippen molar-refractivity contribution in [3.63, 3.8) is 0 Å². The first kappa shape index (κ1) is 10.1. The van der Waals surface area contributed by atoms with Crippen LogP contribution in [0.25, 0.3) is 17.0 Å². The highest BCUT2D eigenvalue weighted by Gasteiger charge is 2.09. The van der Waals surface area contributed by atoms with Crippen LogP contribution in [0.1, 0.15) is 11.3 Å². The van der Waals surface area contributed by atoms with E-state index in [-0.39, 0.29) is 0 Å². The maximum Gasteiger partial charge on any atom is 0.214 e. The van der Waals surface area contributed by atoms with Gasteiger partial charge in [-0.3, -0.25) is 4.40 Å². The predicted molar refractivity (Wildman–Crippen MR) is 69.1 cm³/mol. The first-order valence-electron chi connectivity index (χ1n) is 5.73. The van der Waals surface area contributed by atoms with Gasteiger partial charge in [0.2, 0.25) is 5.78 Å². The number of hydrogen-bond donors (Lipinski definition) is 0. The number of nitrogens with zero attached hydrogens (tertiary/aromatic N) is 3. The molecule has 3 aromatic rings. The highest BCUT2D eigenvalue weighted by Crippen LogP contribution is 2.22. The van der Waals surface area contributed by atoms with E-state index in [1.165, 1.54) is 16.8 Å². The summed E-state index contributed by atoms with van der Waals surface area (Å²) < 4.78 is 4.20. The first-order chi connectivity index (χ1) is 8.15. The minimum absolute atomic E-state index is 0.984. The number of aromatic nitrogens is 3. The van der Waals surface area contributed by atoms with Crippen LogP contribution in [-0.2, 0) is 7.05 Å². The van der Waals surface area contributed by atoms with Crippen molar-refractivity contribution in [2.24, 2.45) is 7.05 Å². The van der Waals surface area contributed by atoms with E-state index in [0.29, 0.717) is 0 Å². The summed E-state index contributed by atoms with van der Waals surface area (Å²) in [6.07, 6.45) is 4.17. The summed E-state index contributed by atoms with van der Waals surface area (Å²) in [6, 6.07) is 8.57. The van der Waals surface area contributed by atoms with Gasteiger partial charge in [-0.1, -0.05) is 29.8 Å². The second-order valence-corrected chi connectivity index (χ2v) is 4.53. The molecule has 3 rings (SSSR count). The largest absolute Gasteiger partial charge is 0.313 e. The third kappa shape index (κ3) is 1.55. The summed E-state index contributed by atoms with van der Waals surface area (Å²) in [6.45, 7) is 4.11. The minimum atomic E-state index is 0.984. The van der Waals surface area contributed by atoms with Crippen LogP contribution in [0, 0.1) is 13.8 Å². The fraction of sp³-hybridized carbons (Fsp3) is 0.214. The molecule has 2 aromatic heterocycles. The van der Waals surface area contributed by atoms with E-state index in [2.05, 4.69) is 58.4 Å². The standard InChI is InChI=1S/C14H15N3/c1-10-4-6-12(7-5-10)13-9-17-8-11(2)15-14(17)16(13)3/h4-9H,1-3H3. The highest BCUT2D eigenvalue weighted by molar-refractivity contribution is 5.63. The molecule has 0 atom stereocenters. The van der Waals surface area contributed by atoms with E-state index < -0.39 is 0 Å². The molecule has 2 heterocycles. The zero-order valence-electron chi connectivity index (χ0n) is 10.3. The lowest BCUT2D eigenvalue weighted by molar-refractivity contribution is 0.942. The number of imidazole rings is 2. The van der Waals surface area contributed by atoms with Crippen molar-refractivity contribution in [1.29, 1.82) is 0 Å². The summed E-state index contributed by atoms with van der Waals surface area (Å²) in [5.74, 6) is 0.984. The number of benzene rings is 1. The Labute approximate surface area is 100 Å². The van der Waals surface area contributed by atoms with Gasteiger partial charge in [0.25, 0.3) is 0 Å². The monoisotopic (exact) mass is 225 g/mol. The Bertz CT molecular complexity index is 671. The lowest BCUT2D eigenvalue weighted by Gasteiger charge is -2.02. The number of aryl methyl sites for hydroxylation is 3. The van der Waals surface area contributed by atoms with E-state index in [1.807, 2.05) is 13.1 Å². The van der Waals surface area contributed by atoms with Crippen LogP contribution < -0.4 is 0 Å². The topological polar surface area (TPSA) is 22.2 Å². The normalized spacial score (nSPS) is 11.2. The summed E-state index contributed by atoms with van der Waals surface area (Å²) in [5, 5.41) is 0. The van der Waals surface area contributed by atoms with Crippen LogP contribution >= 0.6 is 0 Å². The van der Waals surface area contributed by atoms with Crippen LogP contribution in [0.2, 0.25) is 0 Å². The molecule has 0 aliphatic heterocycles. The minimum Gasteiger partial charge on any atom is -0.313 e. The molecular formula is C14H15N3. The quantitative estimate of drug-likeness (QED) is 0.624. The second-order valence-electron chi connectivity index (χ2n) is 4.53. The van der Waals surface area contributed by atoms with Crippen molar-refractivity contribution in [2.45, 2.75) is 13.8 Å². The first-order valence-corrected chi connectivity index (χ1v) is 5.73. The van der Waals surface area contributed by atoms with Crippen LogP contribution in [0.15, 0.2) is 36.7 Å². The van der Waals surface area contributed by atoms with Gasteiger partial charge in [0.05, 0.1) is 11.4 Å². The third-order valence-corrected chi connectivity index (χ3v) is 3.10. The molecule has 86 valence electrons. The Kier molecular flexibility index (Phi) is 2.08. The number of hydrogen-bond acceptors (Lipinski definition) is 1. The van der Waals surface area contributed by atoms with E-state index >= 15 is 0 Å². The molecule has 0 N–H and O–H groups in total. The molecule has 0 aliphatic rings. The Morgan fingerprint density at radius 3 is 2.35 bits per heavy atom. The van der Waals surface area contributed by atoms with Crippen molar-refractivity contribution in [3.8, 4) is 11.3 Å². The zero-order valence-corrected chi connectivity index (χ0v) is 10.3. The summed E-state index contributed by atoms with van der Waals surface area (Å²) >= 11 is 0. The summed E-state index contributed by atoms with van der Waals surface area (Å²) in [7, 11) is 2.05. The molecular weight excluding hydrogens is 210 g/mol. The molecule has 0 amide bonds.